The van der Waals surface area contributed by atoms with Crippen LogP contribution in [0.25, 0.3) is 0 Å². The molecule has 2 fully saturated rings. The van der Waals surface area contributed by atoms with Gasteiger partial charge in [-0.1, -0.05) is 6.42 Å². The molecule has 2 N–H and O–H groups in total. The van der Waals surface area contributed by atoms with Crippen LogP contribution >= 0.6 is 0 Å². The summed E-state index contributed by atoms with van der Waals surface area (Å²) in [6, 6.07) is 1.83. The molecule has 2 atom stereocenters. The molecular formula is C15H26N4. The van der Waals surface area contributed by atoms with Gasteiger partial charge in [0.25, 0.3) is 0 Å². The van der Waals surface area contributed by atoms with E-state index in [1.807, 2.05) is 6.20 Å². The van der Waals surface area contributed by atoms with Gasteiger partial charge in [-0.05, 0) is 46.1 Å². The molecule has 4 nitrogen and oxygen atoms in total. The highest BCUT2D eigenvalue weighted by Crippen LogP contribution is 2.38. The zero-order valence-corrected chi connectivity index (χ0v) is 12.1. The van der Waals surface area contributed by atoms with Gasteiger partial charge in [-0.25, -0.2) is 0 Å². The molecule has 2 heterocycles. The predicted molar refractivity (Wildman–Crippen MR) is 76.9 cm³/mol. The Morgan fingerprint density at radius 2 is 2.05 bits per heavy atom. The Morgan fingerprint density at radius 1 is 1.26 bits per heavy atom. The van der Waals surface area contributed by atoms with E-state index in [9.17, 15) is 0 Å². The van der Waals surface area contributed by atoms with Crippen molar-refractivity contribution >= 4 is 0 Å². The molecule has 19 heavy (non-hydrogen) atoms. The topological polar surface area (TPSA) is 47.1 Å². The largest absolute Gasteiger partial charge is 0.326 e. The second-order valence-electron chi connectivity index (χ2n) is 6.42. The van der Waals surface area contributed by atoms with E-state index in [-0.39, 0.29) is 6.04 Å². The molecular weight excluding hydrogens is 236 g/mol. The molecule has 2 aliphatic rings. The van der Waals surface area contributed by atoms with Gasteiger partial charge in [0.15, 0.2) is 0 Å². The Labute approximate surface area is 116 Å². The Kier molecular flexibility index (Phi) is 3.63. The number of nitrogens with zero attached hydrogens (tertiary/aromatic N) is 3. The molecule has 1 aromatic heterocycles. The molecule has 1 saturated heterocycles. The lowest BCUT2D eigenvalue weighted by atomic mass is 9.99. The summed E-state index contributed by atoms with van der Waals surface area (Å²) < 4.78 is 2.05. The van der Waals surface area contributed by atoms with Gasteiger partial charge in [0.05, 0.1) is 12.2 Å². The monoisotopic (exact) mass is 262 g/mol. The van der Waals surface area contributed by atoms with Gasteiger partial charge < -0.3 is 5.73 Å². The van der Waals surface area contributed by atoms with Gasteiger partial charge in [0, 0.05) is 29.9 Å². The first kappa shape index (κ1) is 13.1. The molecule has 0 spiro atoms. The number of nitrogens with two attached hydrogens (primary N) is 1. The average Bonchev–Trinajstić information content (AvgIpc) is 3.12. The van der Waals surface area contributed by atoms with Crippen LogP contribution in [0.2, 0.25) is 0 Å². The zero-order chi connectivity index (χ0) is 13.4. The fraction of sp³-hybridized carbons (Fsp3) is 0.800. The second kappa shape index (κ2) is 5.25. The van der Waals surface area contributed by atoms with Gasteiger partial charge in [-0.2, -0.15) is 5.10 Å². The molecule has 1 aliphatic heterocycles. The third-order valence-corrected chi connectivity index (χ3v) is 4.47. The van der Waals surface area contributed by atoms with Crippen molar-refractivity contribution in [3.63, 3.8) is 0 Å². The van der Waals surface area contributed by atoms with Crippen molar-refractivity contribution < 1.29 is 0 Å². The third kappa shape index (κ3) is 2.70. The minimum absolute atomic E-state index is 0.257. The number of aromatic nitrogens is 2. The van der Waals surface area contributed by atoms with E-state index < -0.39 is 0 Å². The van der Waals surface area contributed by atoms with E-state index >= 15 is 0 Å². The first-order valence-electron chi connectivity index (χ1n) is 7.72. The lowest BCUT2D eigenvalue weighted by molar-refractivity contribution is 0.175. The smallest absolute Gasteiger partial charge is 0.0538 e. The molecule has 1 saturated carbocycles. The van der Waals surface area contributed by atoms with Crippen LogP contribution in [0.4, 0.5) is 0 Å². The minimum atomic E-state index is 0.257. The Balaban J connectivity index is 1.87. The summed E-state index contributed by atoms with van der Waals surface area (Å²) in [4.78, 5) is 2.65. The maximum absolute atomic E-state index is 6.47. The van der Waals surface area contributed by atoms with Crippen LogP contribution in [0.3, 0.4) is 0 Å². The number of rotatable bonds is 3. The maximum Gasteiger partial charge on any atom is 0.0538 e. The molecule has 0 bridgehead atoms. The predicted octanol–water partition coefficient (Wildman–Crippen LogP) is 2.48. The van der Waals surface area contributed by atoms with Gasteiger partial charge in [0.2, 0.25) is 0 Å². The molecule has 1 aromatic rings. The summed E-state index contributed by atoms with van der Waals surface area (Å²) in [5.41, 5.74) is 7.79. The van der Waals surface area contributed by atoms with Crippen LogP contribution in [0, 0.1) is 0 Å². The fourth-order valence-electron chi connectivity index (χ4n) is 3.26. The van der Waals surface area contributed by atoms with E-state index in [0.29, 0.717) is 12.1 Å². The van der Waals surface area contributed by atoms with Gasteiger partial charge in [0.1, 0.15) is 0 Å². The highest BCUT2D eigenvalue weighted by atomic mass is 15.3. The Morgan fingerprint density at radius 3 is 2.68 bits per heavy atom. The fourth-order valence-corrected chi connectivity index (χ4v) is 3.26. The summed E-state index contributed by atoms with van der Waals surface area (Å²) in [5.74, 6) is 0. The highest BCUT2D eigenvalue weighted by Gasteiger charge is 2.38. The van der Waals surface area contributed by atoms with Gasteiger partial charge >= 0.3 is 0 Å². The van der Waals surface area contributed by atoms with Crippen LogP contribution < -0.4 is 5.73 Å². The van der Waals surface area contributed by atoms with Crippen LogP contribution in [0.5, 0.6) is 0 Å². The van der Waals surface area contributed by atoms with Crippen LogP contribution in [0.1, 0.15) is 63.6 Å². The zero-order valence-electron chi connectivity index (χ0n) is 12.1. The number of hydrogen-bond donors (Lipinski definition) is 1. The summed E-state index contributed by atoms with van der Waals surface area (Å²) in [7, 11) is 0. The molecule has 3 rings (SSSR count). The lowest BCUT2D eigenvalue weighted by Gasteiger charge is -2.33. The quantitative estimate of drug-likeness (QED) is 0.910. The summed E-state index contributed by atoms with van der Waals surface area (Å²) in [6.45, 7) is 5.54. The molecule has 1 aliphatic carbocycles. The Bertz CT molecular complexity index is 422. The molecule has 0 aromatic carbocycles. The van der Waals surface area contributed by atoms with Crippen molar-refractivity contribution in [2.45, 2.75) is 70.1 Å². The second-order valence-corrected chi connectivity index (χ2v) is 6.42. The average molecular weight is 262 g/mol. The van der Waals surface area contributed by atoms with E-state index in [1.54, 1.807) is 0 Å². The SMILES string of the molecule is CC(C)n1cc(C2C(N)CCCCN2C2CC2)cn1. The standard InChI is InChI=1S/C15H26N4/c1-11(2)19-10-12(9-17-19)15-14(16)5-3-4-8-18(15)13-6-7-13/h9-11,13-15H,3-8,16H2,1-2H3. The van der Waals surface area contributed by atoms with Crippen molar-refractivity contribution in [2.75, 3.05) is 6.54 Å². The van der Waals surface area contributed by atoms with Crippen molar-refractivity contribution in [3.8, 4) is 0 Å². The third-order valence-electron chi connectivity index (χ3n) is 4.47. The first-order chi connectivity index (χ1) is 9.16. The molecule has 106 valence electrons. The van der Waals surface area contributed by atoms with E-state index in [1.165, 1.54) is 37.8 Å². The highest BCUT2D eigenvalue weighted by molar-refractivity contribution is 5.16. The maximum atomic E-state index is 6.47. The van der Waals surface area contributed by atoms with E-state index in [4.69, 9.17) is 5.73 Å². The van der Waals surface area contributed by atoms with E-state index in [2.05, 4.69) is 34.7 Å². The van der Waals surface area contributed by atoms with Crippen molar-refractivity contribution in [1.82, 2.24) is 14.7 Å². The molecule has 0 amide bonds. The normalized spacial score (nSPS) is 29.7. The lowest BCUT2D eigenvalue weighted by Crippen LogP contribution is -2.40. The Hall–Kier alpha value is -0.870. The number of hydrogen-bond acceptors (Lipinski definition) is 3. The first-order valence-corrected chi connectivity index (χ1v) is 7.72. The summed E-state index contributed by atoms with van der Waals surface area (Å²) >= 11 is 0. The minimum Gasteiger partial charge on any atom is -0.326 e. The van der Waals surface area contributed by atoms with Crippen molar-refractivity contribution in [3.05, 3.63) is 18.0 Å². The van der Waals surface area contributed by atoms with Crippen molar-refractivity contribution in [1.29, 1.82) is 0 Å². The van der Waals surface area contributed by atoms with Crippen LogP contribution in [-0.2, 0) is 0 Å². The van der Waals surface area contributed by atoms with Crippen LogP contribution in [-0.4, -0.2) is 33.3 Å². The molecule has 0 radical (unpaired) electrons. The van der Waals surface area contributed by atoms with Crippen molar-refractivity contribution in [2.24, 2.45) is 5.73 Å². The summed E-state index contributed by atoms with van der Waals surface area (Å²) in [5, 5.41) is 4.50. The summed E-state index contributed by atoms with van der Waals surface area (Å²) in [6.07, 6.45) is 10.6. The van der Waals surface area contributed by atoms with Gasteiger partial charge in [-0.3, -0.25) is 9.58 Å². The number of likely N-dealkylation sites (tertiary alicyclic amines) is 1. The molecule has 4 heteroatoms. The van der Waals surface area contributed by atoms with E-state index in [0.717, 1.165) is 12.5 Å². The van der Waals surface area contributed by atoms with Crippen LogP contribution in [0.15, 0.2) is 12.4 Å². The molecule has 2 unspecified atom stereocenters. The van der Waals surface area contributed by atoms with Gasteiger partial charge in [-0.15, -0.1) is 0 Å².